The minimum atomic E-state index is -0.768. The molecule has 1 fully saturated rings. The molecule has 8 heteroatoms. The van der Waals surface area contributed by atoms with Gasteiger partial charge in [-0.3, -0.25) is 15.1 Å². The second-order valence-corrected chi connectivity index (χ2v) is 9.04. The fourth-order valence-electron chi connectivity index (χ4n) is 4.25. The van der Waals surface area contributed by atoms with Crippen LogP contribution < -0.4 is 5.32 Å². The van der Waals surface area contributed by atoms with E-state index in [4.69, 9.17) is 4.74 Å². The van der Waals surface area contributed by atoms with Crippen molar-refractivity contribution >= 4 is 17.9 Å². The molecule has 2 aromatic heterocycles. The molecule has 1 aliphatic rings. The first-order chi connectivity index (χ1) is 17.4. The molecule has 0 aliphatic heterocycles. The Morgan fingerprint density at radius 2 is 1.75 bits per heavy atom. The highest BCUT2D eigenvalue weighted by molar-refractivity contribution is 5.85. The van der Waals surface area contributed by atoms with Gasteiger partial charge in [0, 0.05) is 11.1 Å². The molecule has 36 heavy (non-hydrogen) atoms. The Bertz CT molecular complexity index is 1390. The summed E-state index contributed by atoms with van der Waals surface area (Å²) in [6.45, 7) is 3.67. The predicted molar refractivity (Wildman–Crippen MR) is 135 cm³/mol. The van der Waals surface area contributed by atoms with Gasteiger partial charge in [0.25, 0.3) is 0 Å². The van der Waals surface area contributed by atoms with Crippen molar-refractivity contribution in [2.45, 2.75) is 38.2 Å². The first-order valence-electron chi connectivity index (χ1n) is 11.8. The average Bonchev–Trinajstić information content (AvgIpc) is 3.64. The van der Waals surface area contributed by atoms with Gasteiger partial charge in [-0.2, -0.15) is 5.10 Å². The Balaban J connectivity index is 1.30. The Morgan fingerprint density at radius 1 is 1.03 bits per heavy atom. The first-order valence-corrected chi connectivity index (χ1v) is 11.8. The van der Waals surface area contributed by atoms with Gasteiger partial charge in [-0.15, -0.1) is 0 Å². The van der Waals surface area contributed by atoms with Crippen molar-refractivity contribution in [1.29, 1.82) is 0 Å². The molecule has 2 N–H and O–H groups in total. The molecule has 1 aliphatic carbocycles. The molecule has 8 nitrogen and oxygen atoms in total. The van der Waals surface area contributed by atoms with Crippen molar-refractivity contribution < 1.29 is 19.4 Å². The summed E-state index contributed by atoms with van der Waals surface area (Å²) < 4.78 is 7.15. The summed E-state index contributed by atoms with van der Waals surface area (Å²) in [7, 11) is 0. The molecule has 0 saturated heterocycles. The number of benzene rings is 2. The summed E-state index contributed by atoms with van der Waals surface area (Å²) in [4.78, 5) is 28.7. The zero-order valence-corrected chi connectivity index (χ0v) is 20.0. The lowest BCUT2D eigenvalue weighted by atomic mass is 9.95. The van der Waals surface area contributed by atoms with E-state index < -0.39 is 23.6 Å². The second-order valence-electron chi connectivity index (χ2n) is 9.04. The molecule has 0 unspecified atom stereocenters. The molecule has 0 bridgehead atoms. The normalized spacial score (nSPS) is 14.6. The van der Waals surface area contributed by atoms with Crippen LogP contribution in [-0.2, 0) is 14.9 Å². The highest BCUT2D eigenvalue weighted by Gasteiger charge is 2.51. The quantitative estimate of drug-likeness (QED) is 0.352. The lowest BCUT2D eigenvalue weighted by Crippen LogP contribution is -2.19. The summed E-state index contributed by atoms with van der Waals surface area (Å²) >= 11 is 0. The topological polar surface area (TPSA) is 106 Å². The number of aliphatic carboxylic acids is 1. The van der Waals surface area contributed by atoms with Gasteiger partial charge in [-0.05, 0) is 49.9 Å². The number of nitrogens with zero attached hydrogens (tertiary/aromatic N) is 3. The molecule has 182 valence electrons. The molecule has 5 rings (SSSR count). The van der Waals surface area contributed by atoms with Gasteiger partial charge in [-0.1, -0.05) is 54.6 Å². The Morgan fingerprint density at radius 3 is 2.36 bits per heavy atom. The second kappa shape index (κ2) is 9.30. The average molecular weight is 483 g/mol. The Hall–Kier alpha value is -4.46. The number of ether oxygens (including phenoxy) is 1. The molecule has 0 radical (unpaired) electrons. The molecular weight excluding hydrogens is 456 g/mol. The molecule has 1 atom stereocenters. The minimum Gasteiger partial charge on any atom is -0.481 e. The van der Waals surface area contributed by atoms with Crippen LogP contribution in [0.1, 0.15) is 42.6 Å². The summed E-state index contributed by atoms with van der Waals surface area (Å²) in [5.74, 6) is -0.266. The number of pyridine rings is 1. The van der Waals surface area contributed by atoms with Crippen LogP contribution in [0.15, 0.2) is 79.1 Å². The molecule has 1 amide bonds. The zero-order chi connectivity index (χ0) is 25.3. The molecule has 2 aromatic carbocycles. The molecule has 2 heterocycles. The number of carboxylic acids is 1. The maximum Gasteiger partial charge on any atom is 0.413 e. The zero-order valence-electron chi connectivity index (χ0n) is 20.0. The van der Waals surface area contributed by atoms with E-state index in [0.717, 1.165) is 27.9 Å². The largest absolute Gasteiger partial charge is 0.481 e. The Kier molecular flexibility index (Phi) is 6.01. The SMILES string of the molecule is Cc1cnn(-c2ccc(-c3ccc(C4(C(=O)O)CC4)cc3)nc2)c1NC(=O)O[C@H](C)c1ccccc1. The number of aromatic nitrogens is 3. The van der Waals surface area contributed by atoms with Crippen LogP contribution in [0.3, 0.4) is 0 Å². The summed E-state index contributed by atoms with van der Waals surface area (Å²) in [6, 6.07) is 20.8. The van der Waals surface area contributed by atoms with Gasteiger partial charge in [0.2, 0.25) is 0 Å². The van der Waals surface area contributed by atoms with Gasteiger partial charge in [0.1, 0.15) is 11.9 Å². The lowest BCUT2D eigenvalue weighted by Gasteiger charge is -2.15. The molecule has 0 spiro atoms. The van der Waals surface area contributed by atoms with Crippen molar-refractivity contribution in [3.8, 4) is 16.9 Å². The van der Waals surface area contributed by atoms with Crippen LogP contribution in [0.4, 0.5) is 10.6 Å². The number of nitrogens with one attached hydrogen (secondary N) is 1. The summed E-state index contributed by atoms with van der Waals surface area (Å²) in [5.41, 5.74) is 4.11. The highest BCUT2D eigenvalue weighted by Crippen LogP contribution is 2.48. The maximum atomic E-state index is 12.6. The van der Waals surface area contributed by atoms with Gasteiger partial charge in [-0.25, -0.2) is 9.48 Å². The fraction of sp³-hybridized carbons (Fsp3) is 0.214. The van der Waals surface area contributed by atoms with Crippen LogP contribution in [0.2, 0.25) is 0 Å². The third-order valence-corrected chi connectivity index (χ3v) is 6.61. The number of carbonyl (C=O) groups is 2. The van der Waals surface area contributed by atoms with Crippen molar-refractivity contribution in [2.75, 3.05) is 5.32 Å². The van der Waals surface area contributed by atoms with Crippen molar-refractivity contribution in [1.82, 2.24) is 14.8 Å². The van der Waals surface area contributed by atoms with Crippen molar-refractivity contribution in [3.63, 3.8) is 0 Å². The van der Waals surface area contributed by atoms with Crippen LogP contribution in [0.25, 0.3) is 16.9 Å². The van der Waals surface area contributed by atoms with E-state index in [2.05, 4.69) is 15.4 Å². The van der Waals surface area contributed by atoms with Crippen LogP contribution in [0, 0.1) is 6.92 Å². The number of aryl methyl sites for hydroxylation is 1. The number of anilines is 1. The summed E-state index contributed by atoms with van der Waals surface area (Å²) in [5, 5.41) is 16.7. The van der Waals surface area contributed by atoms with E-state index in [1.54, 1.807) is 17.1 Å². The number of carbonyl (C=O) groups excluding carboxylic acids is 1. The number of hydrogen-bond donors (Lipinski definition) is 2. The lowest BCUT2D eigenvalue weighted by molar-refractivity contribution is -0.140. The van der Waals surface area contributed by atoms with E-state index >= 15 is 0 Å². The van der Waals surface area contributed by atoms with Gasteiger partial charge >= 0.3 is 12.1 Å². The van der Waals surface area contributed by atoms with E-state index in [0.29, 0.717) is 24.3 Å². The van der Waals surface area contributed by atoms with Crippen LogP contribution in [0.5, 0.6) is 0 Å². The van der Waals surface area contributed by atoms with Gasteiger partial charge in [0.05, 0.1) is 29.2 Å². The number of rotatable bonds is 7. The molecule has 1 saturated carbocycles. The standard InChI is InChI=1S/C28H26N4O4/c1-18-16-30-32(25(18)31-27(35)36-19(2)20-6-4-3-5-7-20)23-12-13-24(29-17-23)21-8-10-22(11-9-21)28(14-15-28)26(33)34/h3-13,16-17,19H,14-15H2,1-2H3,(H,31,35)(H,33,34)/t19-/m1/s1. The third-order valence-electron chi connectivity index (χ3n) is 6.61. The van der Waals surface area contributed by atoms with Crippen LogP contribution >= 0.6 is 0 Å². The van der Waals surface area contributed by atoms with E-state index in [9.17, 15) is 14.7 Å². The van der Waals surface area contributed by atoms with Gasteiger partial charge in [0.15, 0.2) is 0 Å². The minimum absolute atomic E-state index is 0.402. The fourth-order valence-corrected chi connectivity index (χ4v) is 4.25. The molecule has 4 aromatic rings. The first kappa shape index (κ1) is 23.3. The van der Waals surface area contributed by atoms with E-state index in [1.165, 1.54) is 0 Å². The summed E-state index contributed by atoms with van der Waals surface area (Å²) in [6.07, 6.45) is 3.72. The van der Waals surface area contributed by atoms with Crippen molar-refractivity contribution in [2.24, 2.45) is 0 Å². The Labute approximate surface area is 208 Å². The van der Waals surface area contributed by atoms with E-state index in [-0.39, 0.29) is 0 Å². The van der Waals surface area contributed by atoms with Gasteiger partial charge < -0.3 is 9.84 Å². The van der Waals surface area contributed by atoms with E-state index in [1.807, 2.05) is 80.6 Å². The smallest absolute Gasteiger partial charge is 0.413 e. The van der Waals surface area contributed by atoms with Crippen LogP contribution in [-0.4, -0.2) is 31.9 Å². The monoisotopic (exact) mass is 482 g/mol. The number of carboxylic acid groups (broad SMARTS) is 1. The number of hydrogen-bond acceptors (Lipinski definition) is 5. The highest BCUT2D eigenvalue weighted by atomic mass is 16.6. The maximum absolute atomic E-state index is 12.6. The van der Waals surface area contributed by atoms with Crippen molar-refractivity contribution in [3.05, 3.63) is 95.8 Å². The number of amides is 1. The third kappa shape index (κ3) is 4.45. The molecular formula is C28H26N4O4. The predicted octanol–water partition coefficient (Wildman–Crippen LogP) is 5.67.